The number of nitrogens with one attached hydrogen (secondary N) is 2. The van der Waals surface area contributed by atoms with E-state index in [1.165, 1.54) is 0 Å². The third kappa shape index (κ3) is 4.07. The Kier molecular flexibility index (Phi) is 4.88. The average Bonchev–Trinajstić information content (AvgIpc) is 2.57. The third-order valence-corrected chi connectivity index (χ3v) is 3.85. The van der Waals surface area contributed by atoms with Crippen LogP contribution < -0.4 is 20.3 Å². The van der Waals surface area contributed by atoms with Crippen LogP contribution in [-0.4, -0.2) is 32.3 Å². The first-order valence-electron chi connectivity index (χ1n) is 7.49. The van der Waals surface area contributed by atoms with Crippen LogP contribution in [0.5, 0.6) is 5.75 Å². The Morgan fingerprint density at radius 3 is 2.78 bits per heavy atom. The molecule has 0 fully saturated rings. The van der Waals surface area contributed by atoms with Crippen LogP contribution in [0.1, 0.15) is 0 Å². The summed E-state index contributed by atoms with van der Waals surface area (Å²) in [6, 6.07) is 14.7. The molecule has 2 aromatic carbocycles. The van der Waals surface area contributed by atoms with Gasteiger partial charge < -0.3 is 20.3 Å². The van der Waals surface area contributed by atoms with Crippen LogP contribution >= 0.6 is 11.6 Å². The van der Waals surface area contributed by atoms with Crippen molar-refractivity contribution in [2.24, 2.45) is 0 Å². The Balaban J connectivity index is 1.48. The topological polar surface area (TPSA) is 53.6 Å². The number of amides is 2. The second-order valence-corrected chi connectivity index (χ2v) is 5.63. The number of nitrogens with zero attached hydrogens (tertiary/aromatic N) is 1. The van der Waals surface area contributed by atoms with Gasteiger partial charge in [0.05, 0.1) is 12.2 Å². The fourth-order valence-electron chi connectivity index (χ4n) is 2.47. The van der Waals surface area contributed by atoms with Crippen molar-refractivity contribution < 1.29 is 9.53 Å². The smallest absolute Gasteiger partial charge is 0.319 e. The van der Waals surface area contributed by atoms with Gasteiger partial charge in [0.25, 0.3) is 0 Å². The van der Waals surface area contributed by atoms with Gasteiger partial charge in [0.1, 0.15) is 12.4 Å². The summed E-state index contributed by atoms with van der Waals surface area (Å²) in [4.78, 5) is 14.1. The molecule has 2 aromatic rings. The molecule has 0 aromatic heterocycles. The zero-order chi connectivity index (χ0) is 16.1. The Morgan fingerprint density at radius 2 is 1.96 bits per heavy atom. The number of halogens is 1. The van der Waals surface area contributed by atoms with E-state index in [0.717, 1.165) is 24.5 Å². The maximum absolute atomic E-state index is 11.9. The molecule has 0 aliphatic carbocycles. The molecule has 2 N–H and O–H groups in total. The van der Waals surface area contributed by atoms with Crippen molar-refractivity contribution >= 4 is 29.0 Å². The maximum atomic E-state index is 11.9. The SMILES string of the molecule is O=C(NCCN1CCOc2ccccc21)Nc1ccc(Cl)cc1. The fraction of sp³-hybridized carbons (Fsp3) is 0.235. The van der Waals surface area contributed by atoms with Crippen LogP contribution in [0.15, 0.2) is 48.5 Å². The molecule has 1 heterocycles. The number of rotatable bonds is 4. The summed E-state index contributed by atoms with van der Waals surface area (Å²) in [5.41, 5.74) is 1.78. The lowest BCUT2D eigenvalue weighted by molar-refractivity contribution is 0.252. The van der Waals surface area contributed by atoms with Gasteiger partial charge in [0, 0.05) is 23.8 Å². The van der Waals surface area contributed by atoms with Gasteiger partial charge in [-0.25, -0.2) is 4.79 Å². The highest BCUT2D eigenvalue weighted by Crippen LogP contribution is 2.30. The molecule has 0 atom stereocenters. The number of carbonyl (C=O) groups is 1. The van der Waals surface area contributed by atoms with Crippen molar-refractivity contribution in [3.63, 3.8) is 0 Å². The van der Waals surface area contributed by atoms with Gasteiger partial charge in [-0.2, -0.15) is 0 Å². The largest absolute Gasteiger partial charge is 0.490 e. The lowest BCUT2D eigenvalue weighted by Crippen LogP contribution is -2.40. The number of anilines is 2. The van der Waals surface area contributed by atoms with Crippen molar-refractivity contribution in [3.8, 4) is 5.75 Å². The number of ether oxygens (including phenoxy) is 1. The van der Waals surface area contributed by atoms with Crippen LogP contribution in [0.2, 0.25) is 5.02 Å². The average molecular weight is 332 g/mol. The fourth-order valence-corrected chi connectivity index (χ4v) is 2.60. The monoisotopic (exact) mass is 331 g/mol. The Hall–Kier alpha value is -2.40. The number of benzene rings is 2. The minimum absolute atomic E-state index is 0.228. The Bertz CT molecular complexity index is 676. The van der Waals surface area contributed by atoms with Gasteiger partial charge in [0.15, 0.2) is 0 Å². The zero-order valence-corrected chi connectivity index (χ0v) is 13.3. The second kappa shape index (κ2) is 7.24. The molecule has 0 saturated heterocycles. The summed E-state index contributed by atoms with van der Waals surface area (Å²) < 4.78 is 5.62. The van der Waals surface area contributed by atoms with Crippen LogP contribution in [0, 0.1) is 0 Å². The van der Waals surface area contributed by atoms with Crippen molar-refractivity contribution in [2.45, 2.75) is 0 Å². The maximum Gasteiger partial charge on any atom is 0.319 e. The first-order chi connectivity index (χ1) is 11.2. The zero-order valence-electron chi connectivity index (χ0n) is 12.6. The molecular formula is C17H18ClN3O2. The predicted molar refractivity (Wildman–Crippen MR) is 92.6 cm³/mol. The number of fused-ring (bicyclic) bond motifs is 1. The van der Waals surface area contributed by atoms with E-state index in [4.69, 9.17) is 16.3 Å². The van der Waals surface area contributed by atoms with Crippen molar-refractivity contribution in [2.75, 3.05) is 36.5 Å². The summed E-state index contributed by atoms with van der Waals surface area (Å²) in [6.45, 7) is 2.76. The number of hydrogen-bond donors (Lipinski definition) is 2. The Morgan fingerprint density at radius 1 is 1.17 bits per heavy atom. The van der Waals surface area contributed by atoms with E-state index < -0.39 is 0 Å². The first-order valence-corrected chi connectivity index (χ1v) is 7.87. The van der Waals surface area contributed by atoms with Crippen LogP contribution in [0.4, 0.5) is 16.2 Å². The molecule has 0 saturated carbocycles. The molecule has 1 aliphatic rings. The summed E-state index contributed by atoms with van der Waals surface area (Å²) in [5, 5.41) is 6.27. The van der Waals surface area contributed by atoms with Gasteiger partial charge in [-0.05, 0) is 36.4 Å². The lowest BCUT2D eigenvalue weighted by Gasteiger charge is -2.31. The minimum atomic E-state index is -0.228. The highest BCUT2D eigenvalue weighted by atomic mass is 35.5. The number of para-hydroxylation sites is 2. The quantitative estimate of drug-likeness (QED) is 0.903. The second-order valence-electron chi connectivity index (χ2n) is 5.19. The van der Waals surface area contributed by atoms with Crippen LogP contribution in [0.3, 0.4) is 0 Å². The summed E-state index contributed by atoms with van der Waals surface area (Å²) >= 11 is 5.82. The van der Waals surface area contributed by atoms with E-state index in [1.54, 1.807) is 24.3 Å². The molecular weight excluding hydrogens is 314 g/mol. The highest BCUT2D eigenvalue weighted by molar-refractivity contribution is 6.30. The van der Waals surface area contributed by atoms with E-state index >= 15 is 0 Å². The van der Waals surface area contributed by atoms with E-state index in [-0.39, 0.29) is 6.03 Å². The summed E-state index contributed by atoms with van der Waals surface area (Å²) in [5.74, 6) is 0.893. The van der Waals surface area contributed by atoms with Gasteiger partial charge in [0.2, 0.25) is 0 Å². The predicted octanol–water partition coefficient (Wildman–Crippen LogP) is 3.36. The minimum Gasteiger partial charge on any atom is -0.490 e. The molecule has 6 heteroatoms. The van der Waals surface area contributed by atoms with Crippen molar-refractivity contribution in [1.29, 1.82) is 0 Å². The molecule has 0 bridgehead atoms. The van der Waals surface area contributed by atoms with Crippen molar-refractivity contribution in [1.82, 2.24) is 5.32 Å². The summed E-state index contributed by atoms with van der Waals surface area (Å²) in [6.07, 6.45) is 0. The van der Waals surface area contributed by atoms with E-state index in [0.29, 0.717) is 23.9 Å². The Labute approximate surface area is 140 Å². The van der Waals surface area contributed by atoms with Gasteiger partial charge in [-0.3, -0.25) is 0 Å². The standard InChI is InChI=1S/C17H18ClN3O2/c18-13-5-7-14(8-6-13)20-17(22)19-9-10-21-11-12-23-16-4-2-1-3-15(16)21/h1-8H,9-12H2,(H2,19,20,22). The van der Waals surface area contributed by atoms with Crippen LogP contribution in [0.25, 0.3) is 0 Å². The van der Waals surface area contributed by atoms with E-state index in [1.807, 2.05) is 24.3 Å². The molecule has 0 unspecified atom stereocenters. The van der Waals surface area contributed by atoms with Crippen molar-refractivity contribution in [3.05, 3.63) is 53.6 Å². The number of hydrogen-bond acceptors (Lipinski definition) is 3. The first kappa shape index (κ1) is 15.5. The normalized spacial score (nSPS) is 13.0. The highest BCUT2D eigenvalue weighted by Gasteiger charge is 2.16. The molecule has 23 heavy (non-hydrogen) atoms. The van der Waals surface area contributed by atoms with E-state index in [9.17, 15) is 4.79 Å². The summed E-state index contributed by atoms with van der Waals surface area (Å²) in [7, 11) is 0. The van der Waals surface area contributed by atoms with Gasteiger partial charge in [-0.15, -0.1) is 0 Å². The molecule has 0 spiro atoms. The van der Waals surface area contributed by atoms with Gasteiger partial charge in [-0.1, -0.05) is 23.7 Å². The molecule has 3 rings (SSSR count). The molecule has 0 radical (unpaired) electrons. The molecule has 120 valence electrons. The molecule has 1 aliphatic heterocycles. The molecule has 5 nitrogen and oxygen atoms in total. The number of carbonyl (C=O) groups excluding carboxylic acids is 1. The van der Waals surface area contributed by atoms with Crippen LogP contribution in [-0.2, 0) is 0 Å². The molecule has 2 amide bonds. The van der Waals surface area contributed by atoms with E-state index in [2.05, 4.69) is 15.5 Å². The van der Waals surface area contributed by atoms with Gasteiger partial charge >= 0.3 is 6.03 Å². The third-order valence-electron chi connectivity index (χ3n) is 3.59. The number of urea groups is 1. The lowest BCUT2D eigenvalue weighted by atomic mass is 10.2.